The lowest BCUT2D eigenvalue weighted by atomic mass is 10.2. The number of nitrogens with zero attached hydrogens (tertiary/aromatic N) is 2. The monoisotopic (exact) mass is 378 g/mol. The van der Waals surface area contributed by atoms with E-state index in [-0.39, 0.29) is 5.02 Å². The van der Waals surface area contributed by atoms with Crippen molar-refractivity contribution >= 4 is 40.6 Å². The van der Waals surface area contributed by atoms with Gasteiger partial charge in [0.15, 0.2) is 0 Å². The first-order valence-corrected chi connectivity index (χ1v) is 8.05. The highest BCUT2D eigenvalue weighted by molar-refractivity contribution is 6.31. The van der Waals surface area contributed by atoms with E-state index in [1.165, 1.54) is 24.4 Å². The van der Waals surface area contributed by atoms with Crippen LogP contribution in [0.1, 0.15) is 5.56 Å². The normalized spacial score (nSPS) is 10.5. The Morgan fingerprint density at radius 1 is 1.08 bits per heavy atom. The molecule has 128 valence electrons. The van der Waals surface area contributed by atoms with Gasteiger partial charge in [-0.05, 0) is 35.9 Å². The minimum Gasteiger partial charge on any atom is -0.308 e. The standard InChI is InChI=1S/C17H13Cl2FN4O/c18-12-3-1-11(2-4-12)9-24-10-14(8-21-24)23-17(25)22-13-5-6-16(20)15(19)7-13/h1-8,10H,9H2,(H2,22,23,25). The van der Waals surface area contributed by atoms with Crippen LogP contribution in [0, 0.1) is 5.82 Å². The number of hydrogen-bond acceptors (Lipinski definition) is 2. The lowest BCUT2D eigenvalue weighted by Gasteiger charge is -2.06. The Morgan fingerprint density at radius 2 is 1.80 bits per heavy atom. The summed E-state index contributed by atoms with van der Waals surface area (Å²) in [4.78, 5) is 12.0. The van der Waals surface area contributed by atoms with E-state index in [1.54, 1.807) is 23.0 Å². The van der Waals surface area contributed by atoms with Crippen LogP contribution in [0.4, 0.5) is 20.6 Å². The Balaban J connectivity index is 1.59. The summed E-state index contributed by atoms with van der Waals surface area (Å²) in [5.41, 5.74) is 1.95. The second-order valence-electron chi connectivity index (χ2n) is 5.26. The summed E-state index contributed by atoms with van der Waals surface area (Å²) in [5, 5.41) is 10.0. The van der Waals surface area contributed by atoms with E-state index in [9.17, 15) is 9.18 Å². The van der Waals surface area contributed by atoms with Crippen molar-refractivity contribution < 1.29 is 9.18 Å². The molecule has 0 saturated heterocycles. The van der Waals surface area contributed by atoms with Crippen LogP contribution in [0.25, 0.3) is 0 Å². The van der Waals surface area contributed by atoms with Crippen molar-refractivity contribution in [2.45, 2.75) is 6.54 Å². The zero-order valence-electron chi connectivity index (χ0n) is 12.8. The molecule has 0 atom stereocenters. The SMILES string of the molecule is O=C(Nc1ccc(F)c(Cl)c1)Nc1cnn(Cc2ccc(Cl)cc2)c1. The van der Waals surface area contributed by atoms with Gasteiger partial charge in [0, 0.05) is 16.9 Å². The van der Waals surface area contributed by atoms with Gasteiger partial charge in [-0.15, -0.1) is 0 Å². The van der Waals surface area contributed by atoms with Gasteiger partial charge in [0.05, 0.1) is 23.5 Å². The second-order valence-corrected chi connectivity index (χ2v) is 6.10. The topological polar surface area (TPSA) is 59.0 Å². The molecule has 0 aliphatic heterocycles. The maximum atomic E-state index is 13.1. The van der Waals surface area contributed by atoms with Crippen LogP contribution in [0.3, 0.4) is 0 Å². The van der Waals surface area contributed by atoms with E-state index in [2.05, 4.69) is 15.7 Å². The van der Waals surface area contributed by atoms with Crippen LogP contribution in [0.2, 0.25) is 10.0 Å². The molecule has 0 bridgehead atoms. The molecular weight excluding hydrogens is 366 g/mol. The average Bonchev–Trinajstić information content (AvgIpc) is 3.00. The molecule has 25 heavy (non-hydrogen) atoms. The number of amides is 2. The molecule has 0 unspecified atom stereocenters. The van der Waals surface area contributed by atoms with E-state index in [4.69, 9.17) is 23.2 Å². The summed E-state index contributed by atoms with van der Waals surface area (Å²) in [6.45, 7) is 0.550. The largest absolute Gasteiger partial charge is 0.323 e. The number of halogens is 3. The number of anilines is 2. The van der Waals surface area contributed by atoms with E-state index in [0.29, 0.717) is 22.9 Å². The summed E-state index contributed by atoms with van der Waals surface area (Å²) in [6.07, 6.45) is 3.24. The van der Waals surface area contributed by atoms with Gasteiger partial charge in [-0.3, -0.25) is 4.68 Å². The first-order valence-electron chi connectivity index (χ1n) is 7.29. The fourth-order valence-corrected chi connectivity index (χ4v) is 2.47. The fraction of sp³-hybridized carbons (Fsp3) is 0.0588. The van der Waals surface area contributed by atoms with Crippen molar-refractivity contribution in [1.29, 1.82) is 0 Å². The second kappa shape index (κ2) is 7.55. The maximum Gasteiger partial charge on any atom is 0.323 e. The van der Waals surface area contributed by atoms with Crippen molar-refractivity contribution in [2.24, 2.45) is 0 Å². The maximum absolute atomic E-state index is 13.1. The lowest BCUT2D eigenvalue weighted by molar-refractivity contribution is 0.262. The van der Waals surface area contributed by atoms with Gasteiger partial charge in [0.25, 0.3) is 0 Å². The van der Waals surface area contributed by atoms with E-state index >= 15 is 0 Å². The van der Waals surface area contributed by atoms with Crippen LogP contribution in [-0.2, 0) is 6.54 Å². The van der Waals surface area contributed by atoms with Crippen LogP contribution >= 0.6 is 23.2 Å². The number of hydrogen-bond donors (Lipinski definition) is 2. The Labute approximate surface area is 153 Å². The van der Waals surface area contributed by atoms with Crippen LogP contribution < -0.4 is 10.6 Å². The Bertz CT molecular complexity index is 896. The quantitative estimate of drug-likeness (QED) is 0.669. The van der Waals surface area contributed by atoms with E-state index in [1.807, 2.05) is 12.1 Å². The highest BCUT2D eigenvalue weighted by Crippen LogP contribution is 2.19. The third-order valence-corrected chi connectivity index (χ3v) is 3.87. The smallest absolute Gasteiger partial charge is 0.308 e. The number of rotatable bonds is 4. The molecule has 2 amide bonds. The molecule has 2 N–H and O–H groups in total. The predicted molar refractivity (Wildman–Crippen MR) is 96.8 cm³/mol. The average molecular weight is 379 g/mol. The van der Waals surface area contributed by atoms with Gasteiger partial charge in [-0.25, -0.2) is 9.18 Å². The molecule has 1 heterocycles. The Hall–Kier alpha value is -2.57. The van der Waals surface area contributed by atoms with E-state index < -0.39 is 11.8 Å². The summed E-state index contributed by atoms with van der Waals surface area (Å²) in [5.74, 6) is -0.545. The molecule has 0 saturated carbocycles. The first-order chi connectivity index (χ1) is 12.0. The molecule has 5 nitrogen and oxygen atoms in total. The van der Waals surface area contributed by atoms with Crippen molar-refractivity contribution in [3.8, 4) is 0 Å². The number of nitrogens with one attached hydrogen (secondary N) is 2. The molecule has 0 spiro atoms. The van der Waals surface area contributed by atoms with Gasteiger partial charge in [0.2, 0.25) is 0 Å². The molecule has 1 aromatic heterocycles. The van der Waals surface area contributed by atoms with Crippen molar-refractivity contribution in [2.75, 3.05) is 10.6 Å². The molecule has 0 fully saturated rings. The van der Waals surface area contributed by atoms with Gasteiger partial charge in [0.1, 0.15) is 5.82 Å². The van der Waals surface area contributed by atoms with Crippen molar-refractivity contribution in [3.05, 3.63) is 76.3 Å². The van der Waals surface area contributed by atoms with Crippen LogP contribution in [0.5, 0.6) is 0 Å². The van der Waals surface area contributed by atoms with Gasteiger partial charge >= 0.3 is 6.03 Å². The van der Waals surface area contributed by atoms with Crippen molar-refractivity contribution in [3.63, 3.8) is 0 Å². The molecule has 0 radical (unpaired) electrons. The van der Waals surface area contributed by atoms with E-state index in [0.717, 1.165) is 5.56 Å². The molecule has 3 aromatic rings. The van der Waals surface area contributed by atoms with Crippen LogP contribution in [-0.4, -0.2) is 15.8 Å². The Morgan fingerprint density at radius 3 is 2.52 bits per heavy atom. The number of urea groups is 1. The zero-order valence-corrected chi connectivity index (χ0v) is 14.4. The van der Waals surface area contributed by atoms with Crippen LogP contribution in [0.15, 0.2) is 54.9 Å². The Kier molecular flexibility index (Phi) is 5.21. The molecular formula is C17H13Cl2FN4O. The number of aromatic nitrogens is 2. The van der Waals surface area contributed by atoms with Gasteiger partial charge in [-0.2, -0.15) is 5.10 Å². The molecule has 0 aliphatic rings. The number of carbonyl (C=O) groups excluding carboxylic acids is 1. The highest BCUT2D eigenvalue weighted by atomic mass is 35.5. The fourth-order valence-electron chi connectivity index (χ4n) is 2.16. The minimum absolute atomic E-state index is 0.0615. The van der Waals surface area contributed by atoms with Gasteiger partial charge in [-0.1, -0.05) is 35.3 Å². The first kappa shape index (κ1) is 17.3. The predicted octanol–water partition coefficient (Wildman–Crippen LogP) is 5.02. The minimum atomic E-state index is -0.545. The summed E-state index contributed by atoms with van der Waals surface area (Å²) in [6, 6.07) is 10.9. The summed E-state index contributed by atoms with van der Waals surface area (Å²) in [7, 11) is 0. The number of carbonyl (C=O) groups is 1. The van der Waals surface area contributed by atoms with Gasteiger partial charge < -0.3 is 10.6 Å². The summed E-state index contributed by atoms with van der Waals surface area (Å²) >= 11 is 11.5. The third kappa shape index (κ3) is 4.71. The molecule has 3 rings (SSSR count). The van der Waals surface area contributed by atoms with Crippen molar-refractivity contribution in [1.82, 2.24) is 9.78 Å². The molecule has 8 heteroatoms. The molecule has 0 aliphatic carbocycles. The lowest BCUT2D eigenvalue weighted by Crippen LogP contribution is -2.19. The zero-order chi connectivity index (χ0) is 17.8. The number of benzene rings is 2. The molecule has 2 aromatic carbocycles. The highest BCUT2D eigenvalue weighted by Gasteiger charge is 2.07. The summed E-state index contributed by atoms with van der Waals surface area (Å²) < 4.78 is 14.8. The third-order valence-electron chi connectivity index (χ3n) is 3.33.